The highest BCUT2D eigenvalue weighted by Crippen LogP contribution is 2.24. The lowest BCUT2D eigenvalue weighted by atomic mass is 10.1. The molecule has 0 radical (unpaired) electrons. The first kappa shape index (κ1) is 15.4. The van der Waals surface area contributed by atoms with E-state index in [1.165, 1.54) is 25.1 Å². The zero-order chi connectivity index (χ0) is 14.0. The van der Waals surface area contributed by atoms with Gasteiger partial charge in [-0.25, -0.2) is 13.1 Å². The van der Waals surface area contributed by atoms with Gasteiger partial charge in [0.15, 0.2) is 0 Å². The highest BCUT2D eigenvalue weighted by atomic mass is 79.9. The van der Waals surface area contributed by atoms with Crippen LogP contribution in [-0.4, -0.2) is 37.4 Å². The third-order valence-electron chi connectivity index (χ3n) is 2.23. The Hall–Kier alpha value is -0.670. The number of aliphatic hydroxyl groups excluding tert-OH is 1. The lowest BCUT2D eigenvalue weighted by Crippen LogP contribution is -2.43. The lowest BCUT2D eigenvalue weighted by molar-refractivity contribution is 0.00681. The third-order valence-corrected chi connectivity index (χ3v) is 4.61. The fourth-order valence-electron chi connectivity index (χ4n) is 1.12. The van der Waals surface area contributed by atoms with Gasteiger partial charge in [0.2, 0.25) is 10.0 Å². The van der Waals surface area contributed by atoms with Crippen molar-refractivity contribution in [3.8, 4) is 0 Å². The topological polar surface area (TPSA) is 113 Å². The Kier molecular flexibility index (Phi) is 4.73. The highest BCUT2D eigenvalue weighted by molar-refractivity contribution is 9.10. The van der Waals surface area contributed by atoms with Gasteiger partial charge in [-0.15, -0.1) is 0 Å². The maximum absolute atomic E-state index is 12.0. The van der Waals surface area contributed by atoms with E-state index in [-0.39, 0.29) is 11.4 Å². The van der Waals surface area contributed by atoms with Gasteiger partial charge in [-0.2, -0.15) is 0 Å². The molecule has 8 heteroatoms. The molecule has 5 N–H and O–H groups in total. The number of hydrogen-bond donors (Lipinski definition) is 4. The zero-order valence-electron chi connectivity index (χ0n) is 9.72. The molecule has 0 aliphatic rings. The number of sulfonamides is 1. The number of nitrogen functional groups attached to an aromatic ring is 1. The Bertz CT molecular complexity index is 531. The van der Waals surface area contributed by atoms with Gasteiger partial charge in [-0.05, 0) is 41.1 Å². The van der Waals surface area contributed by atoms with Crippen LogP contribution in [0.4, 0.5) is 5.69 Å². The quantitative estimate of drug-likeness (QED) is 0.567. The van der Waals surface area contributed by atoms with Crippen LogP contribution in [0.3, 0.4) is 0 Å². The van der Waals surface area contributed by atoms with Crippen molar-refractivity contribution < 1.29 is 18.6 Å². The second-order valence-corrected chi connectivity index (χ2v) is 6.76. The molecule has 0 amide bonds. The summed E-state index contributed by atoms with van der Waals surface area (Å²) in [6, 6.07) is 4.29. The molecule has 6 nitrogen and oxygen atoms in total. The standard InChI is InChI=1S/C10H15BrN2O4S/c1-10(15,6-14)5-13-18(16,17)9-3-2-7(12)4-8(9)11/h2-4,13-15H,5-6,12H2,1H3. The Morgan fingerprint density at radius 3 is 2.61 bits per heavy atom. The van der Waals surface area contributed by atoms with Crippen LogP contribution >= 0.6 is 15.9 Å². The largest absolute Gasteiger partial charge is 0.399 e. The summed E-state index contributed by atoms with van der Waals surface area (Å²) in [6.45, 7) is 0.495. The SMILES string of the molecule is CC(O)(CO)CNS(=O)(=O)c1ccc(N)cc1Br. The fourth-order valence-corrected chi connectivity index (χ4v) is 3.37. The van der Waals surface area contributed by atoms with Crippen LogP contribution in [0.25, 0.3) is 0 Å². The van der Waals surface area contributed by atoms with Crippen LogP contribution in [0.15, 0.2) is 27.6 Å². The molecule has 1 unspecified atom stereocenters. The van der Waals surface area contributed by atoms with Crippen LogP contribution in [0.2, 0.25) is 0 Å². The van der Waals surface area contributed by atoms with Gasteiger partial charge >= 0.3 is 0 Å². The van der Waals surface area contributed by atoms with Crippen molar-refractivity contribution in [2.45, 2.75) is 17.4 Å². The molecule has 0 fully saturated rings. The smallest absolute Gasteiger partial charge is 0.241 e. The Morgan fingerprint density at radius 1 is 1.50 bits per heavy atom. The number of benzene rings is 1. The van der Waals surface area contributed by atoms with Crippen LogP contribution in [-0.2, 0) is 10.0 Å². The molecule has 102 valence electrons. The van der Waals surface area contributed by atoms with E-state index >= 15 is 0 Å². The molecule has 0 spiro atoms. The van der Waals surface area contributed by atoms with E-state index in [2.05, 4.69) is 20.7 Å². The number of anilines is 1. The maximum atomic E-state index is 12.0. The van der Waals surface area contributed by atoms with E-state index in [0.29, 0.717) is 10.2 Å². The van der Waals surface area contributed by atoms with Crippen molar-refractivity contribution in [2.75, 3.05) is 18.9 Å². The molecule has 0 heterocycles. The van der Waals surface area contributed by atoms with Gasteiger partial charge in [0, 0.05) is 16.7 Å². The van der Waals surface area contributed by atoms with E-state index in [1.807, 2.05) is 0 Å². The average Bonchev–Trinajstić information content (AvgIpc) is 2.26. The minimum absolute atomic E-state index is 0.0189. The Balaban J connectivity index is 2.94. The molecule has 0 saturated carbocycles. The van der Waals surface area contributed by atoms with Gasteiger partial charge in [0.25, 0.3) is 0 Å². The molecule has 0 aliphatic carbocycles. The van der Waals surface area contributed by atoms with Gasteiger partial charge < -0.3 is 15.9 Å². The summed E-state index contributed by atoms with van der Waals surface area (Å²) in [5, 5.41) is 18.4. The normalized spacial score (nSPS) is 15.3. The first-order chi connectivity index (χ1) is 8.18. The second-order valence-electron chi connectivity index (χ2n) is 4.17. The van der Waals surface area contributed by atoms with Crippen molar-refractivity contribution in [1.82, 2.24) is 4.72 Å². The van der Waals surface area contributed by atoms with Gasteiger partial charge in [-0.1, -0.05) is 0 Å². The van der Waals surface area contributed by atoms with E-state index in [4.69, 9.17) is 10.8 Å². The average molecular weight is 339 g/mol. The predicted octanol–water partition coefficient (Wildman–Crippen LogP) is 0.0529. The van der Waals surface area contributed by atoms with Gasteiger partial charge in [0.05, 0.1) is 17.1 Å². The molecule has 0 aromatic heterocycles. The molecule has 0 saturated heterocycles. The van der Waals surface area contributed by atoms with Crippen LogP contribution in [0.1, 0.15) is 6.92 Å². The number of rotatable bonds is 5. The summed E-state index contributed by atoms with van der Waals surface area (Å²) < 4.78 is 26.5. The third kappa shape index (κ3) is 3.92. The summed E-state index contributed by atoms with van der Waals surface area (Å²) in [6.07, 6.45) is 0. The number of aliphatic hydroxyl groups is 2. The molecule has 1 rings (SSSR count). The molecular formula is C10H15BrN2O4S. The minimum Gasteiger partial charge on any atom is -0.399 e. The van der Waals surface area contributed by atoms with E-state index < -0.39 is 22.2 Å². The fraction of sp³-hybridized carbons (Fsp3) is 0.400. The lowest BCUT2D eigenvalue weighted by Gasteiger charge is -2.20. The molecule has 0 bridgehead atoms. The van der Waals surface area contributed by atoms with Crippen molar-refractivity contribution in [2.24, 2.45) is 0 Å². The first-order valence-corrected chi connectivity index (χ1v) is 7.33. The Labute approximate surface area is 114 Å². The van der Waals surface area contributed by atoms with Gasteiger partial charge in [-0.3, -0.25) is 0 Å². The summed E-state index contributed by atoms with van der Waals surface area (Å²) in [7, 11) is -3.77. The van der Waals surface area contributed by atoms with E-state index in [0.717, 1.165) is 0 Å². The van der Waals surface area contributed by atoms with Crippen molar-refractivity contribution in [3.05, 3.63) is 22.7 Å². The zero-order valence-corrected chi connectivity index (χ0v) is 12.1. The summed E-state index contributed by atoms with van der Waals surface area (Å²) >= 11 is 3.11. The first-order valence-electron chi connectivity index (χ1n) is 5.06. The van der Waals surface area contributed by atoms with Crippen LogP contribution < -0.4 is 10.5 Å². The molecule has 18 heavy (non-hydrogen) atoms. The maximum Gasteiger partial charge on any atom is 0.241 e. The van der Waals surface area contributed by atoms with Crippen LogP contribution in [0.5, 0.6) is 0 Å². The highest BCUT2D eigenvalue weighted by Gasteiger charge is 2.24. The van der Waals surface area contributed by atoms with Crippen LogP contribution in [0, 0.1) is 0 Å². The van der Waals surface area contributed by atoms with Crippen molar-refractivity contribution in [1.29, 1.82) is 0 Å². The van der Waals surface area contributed by atoms with Crippen molar-refractivity contribution in [3.63, 3.8) is 0 Å². The summed E-state index contributed by atoms with van der Waals surface area (Å²) in [5.41, 5.74) is 4.44. The van der Waals surface area contributed by atoms with E-state index in [9.17, 15) is 13.5 Å². The number of halogens is 1. The summed E-state index contributed by atoms with van der Waals surface area (Å²) in [5.74, 6) is 0. The monoisotopic (exact) mass is 338 g/mol. The number of nitrogens with one attached hydrogen (secondary N) is 1. The number of nitrogens with two attached hydrogens (primary N) is 1. The van der Waals surface area contributed by atoms with E-state index in [1.54, 1.807) is 0 Å². The van der Waals surface area contributed by atoms with Gasteiger partial charge in [0.1, 0.15) is 0 Å². The minimum atomic E-state index is -3.77. The van der Waals surface area contributed by atoms with Crippen molar-refractivity contribution >= 4 is 31.6 Å². The number of hydrogen-bond acceptors (Lipinski definition) is 5. The summed E-state index contributed by atoms with van der Waals surface area (Å²) in [4.78, 5) is 0.0189. The molecule has 0 aliphatic heterocycles. The Morgan fingerprint density at radius 2 is 2.11 bits per heavy atom. The molecule has 1 atom stereocenters. The molecule has 1 aromatic carbocycles. The molecular weight excluding hydrogens is 324 g/mol. The predicted molar refractivity (Wildman–Crippen MR) is 71.5 cm³/mol. The molecule has 1 aromatic rings. The second kappa shape index (κ2) is 5.54.